The highest BCUT2D eigenvalue weighted by atomic mass is 19.1. The summed E-state index contributed by atoms with van der Waals surface area (Å²) in [5, 5.41) is 17.0. The number of fused-ring (bicyclic) bond motifs is 1. The van der Waals surface area contributed by atoms with Crippen LogP contribution in [0.4, 0.5) is 9.18 Å². The topological polar surface area (TPSA) is 141 Å². The van der Waals surface area contributed by atoms with Crippen LogP contribution in [0.5, 0.6) is 0 Å². The number of carboxylic acid groups (broad SMARTS) is 2. The van der Waals surface area contributed by atoms with Crippen molar-refractivity contribution in [3.8, 4) is 0 Å². The molecular formula is C26H42FN3O6. The first-order chi connectivity index (χ1) is 17.2. The summed E-state index contributed by atoms with van der Waals surface area (Å²) < 4.78 is 13.1. The standard InChI is InChI=1S/C9H8FNO2.C6H11NO.C6H8O2.2C2H6.CH3NO/c10-8-3-1-2-6-4-11(9(12)13)5-7(6)8;1-6-3-2-4-7(6)5-8;1-2-4-3-5(4)6(7)8;2*1-2;2-1-3/h1-3H,4-5H2,(H,12,13);5-6H,2-4H2,1H3;2,4-5H,1,3H2,(H,7,8);2*1-2H3;1H,(H2,2,3). The second-order valence-corrected chi connectivity index (χ2v) is 7.57. The molecule has 1 saturated carbocycles. The minimum atomic E-state index is -1.00. The Hall–Kier alpha value is -3.43. The predicted molar refractivity (Wildman–Crippen MR) is 138 cm³/mol. The van der Waals surface area contributed by atoms with Gasteiger partial charge in [0.1, 0.15) is 5.82 Å². The average molecular weight is 512 g/mol. The van der Waals surface area contributed by atoms with E-state index < -0.39 is 12.1 Å². The summed E-state index contributed by atoms with van der Waals surface area (Å²) in [6.45, 7) is 15.0. The molecule has 204 valence electrons. The van der Waals surface area contributed by atoms with Crippen molar-refractivity contribution < 1.29 is 33.8 Å². The van der Waals surface area contributed by atoms with Crippen molar-refractivity contribution in [1.82, 2.24) is 9.80 Å². The van der Waals surface area contributed by atoms with E-state index in [1.807, 2.05) is 32.6 Å². The molecule has 2 heterocycles. The summed E-state index contributed by atoms with van der Waals surface area (Å²) in [6.07, 6.45) is 5.05. The second kappa shape index (κ2) is 19.8. The fraction of sp³-hybridized carbons (Fsp3) is 0.538. The van der Waals surface area contributed by atoms with E-state index in [9.17, 15) is 18.8 Å². The Balaban J connectivity index is 0. The molecule has 1 saturated heterocycles. The van der Waals surface area contributed by atoms with E-state index in [0.29, 0.717) is 18.2 Å². The molecule has 3 aliphatic rings. The Morgan fingerprint density at radius 1 is 1.14 bits per heavy atom. The van der Waals surface area contributed by atoms with Crippen LogP contribution < -0.4 is 5.73 Å². The van der Waals surface area contributed by atoms with Gasteiger partial charge in [0.2, 0.25) is 12.8 Å². The molecule has 2 aliphatic heterocycles. The fourth-order valence-electron chi connectivity index (χ4n) is 3.39. The molecule has 36 heavy (non-hydrogen) atoms. The summed E-state index contributed by atoms with van der Waals surface area (Å²) >= 11 is 0. The largest absolute Gasteiger partial charge is 0.481 e. The van der Waals surface area contributed by atoms with E-state index in [1.54, 1.807) is 18.2 Å². The van der Waals surface area contributed by atoms with E-state index in [0.717, 1.165) is 24.9 Å². The minimum Gasteiger partial charge on any atom is -0.481 e. The van der Waals surface area contributed by atoms with Gasteiger partial charge in [-0.2, -0.15) is 0 Å². The number of carboxylic acids is 1. The van der Waals surface area contributed by atoms with E-state index in [1.165, 1.54) is 23.8 Å². The van der Waals surface area contributed by atoms with Crippen molar-refractivity contribution in [2.24, 2.45) is 17.6 Å². The van der Waals surface area contributed by atoms with Crippen molar-refractivity contribution in [3.05, 3.63) is 47.8 Å². The number of nitrogens with zero attached hydrogens (tertiary/aromatic N) is 2. The number of nitrogens with two attached hydrogens (primary N) is 1. The third kappa shape index (κ3) is 12.3. The Morgan fingerprint density at radius 3 is 2.03 bits per heavy atom. The molecule has 3 unspecified atom stereocenters. The number of aliphatic carboxylic acids is 1. The maximum atomic E-state index is 13.1. The summed E-state index contributed by atoms with van der Waals surface area (Å²) in [5.74, 6) is -0.865. The van der Waals surface area contributed by atoms with Crippen molar-refractivity contribution in [3.63, 3.8) is 0 Å². The van der Waals surface area contributed by atoms with E-state index >= 15 is 0 Å². The third-order valence-corrected chi connectivity index (χ3v) is 5.40. The number of carbonyl (C=O) groups excluding carboxylic acids is 2. The molecule has 4 rings (SSSR count). The third-order valence-electron chi connectivity index (χ3n) is 5.40. The van der Waals surface area contributed by atoms with Crippen LogP contribution in [0.25, 0.3) is 0 Å². The van der Waals surface area contributed by atoms with Crippen LogP contribution in [0.2, 0.25) is 0 Å². The van der Waals surface area contributed by atoms with Gasteiger partial charge < -0.3 is 20.8 Å². The number of halogens is 1. The smallest absolute Gasteiger partial charge is 0.407 e. The van der Waals surface area contributed by atoms with Gasteiger partial charge in [0.15, 0.2) is 0 Å². The molecule has 10 heteroatoms. The zero-order valence-electron chi connectivity index (χ0n) is 22.0. The predicted octanol–water partition coefficient (Wildman–Crippen LogP) is 4.49. The van der Waals surface area contributed by atoms with Crippen LogP contribution in [0.1, 0.15) is 65.0 Å². The molecule has 0 aromatic heterocycles. The van der Waals surface area contributed by atoms with Crippen LogP contribution in [0.15, 0.2) is 30.9 Å². The zero-order chi connectivity index (χ0) is 28.3. The van der Waals surface area contributed by atoms with E-state index in [4.69, 9.17) is 15.0 Å². The summed E-state index contributed by atoms with van der Waals surface area (Å²) in [5.41, 5.74) is 5.44. The maximum absolute atomic E-state index is 13.1. The number of primary amides is 1. The van der Waals surface area contributed by atoms with Crippen molar-refractivity contribution in [2.75, 3.05) is 6.54 Å². The highest BCUT2D eigenvalue weighted by Gasteiger charge is 2.40. The van der Waals surface area contributed by atoms with Gasteiger partial charge in [-0.1, -0.05) is 45.9 Å². The lowest BCUT2D eigenvalue weighted by atomic mass is 10.1. The molecule has 0 spiro atoms. The average Bonchev–Trinajstić information content (AvgIpc) is 3.35. The van der Waals surface area contributed by atoms with Gasteiger partial charge in [0.05, 0.1) is 12.5 Å². The van der Waals surface area contributed by atoms with Gasteiger partial charge in [-0.05, 0) is 43.7 Å². The first kappa shape index (κ1) is 34.7. The molecule has 0 bridgehead atoms. The molecule has 2 fully saturated rings. The SMILES string of the molecule is C=CC1CC1C(=O)O.CC.CC.CC1CCCN1C=O.NC=O.O=C(O)N1Cc2cccc(F)c2C1. The van der Waals surface area contributed by atoms with Crippen molar-refractivity contribution >= 4 is 24.9 Å². The Bertz CT molecular complexity index is 821. The molecule has 1 aromatic carbocycles. The molecule has 1 aliphatic carbocycles. The minimum absolute atomic E-state index is 0.118. The van der Waals surface area contributed by atoms with E-state index in [-0.39, 0.29) is 30.6 Å². The Labute approximate surface area is 213 Å². The van der Waals surface area contributed by atoms with Crippen LogP contribution in [-0.4, -0.2) is 57.5 Å². The molecule has 3 amide bonds. The number of hydrogen-bond donors (Lipinski definition) is 3. The monoisotopic (exact) mass is 511 g/mol. The number of amides is 3. The lowest BCUT2D eigenvalue weighted by Crippen LogP contribution is -2.24. The van der Waals surface area contributed by atoms with Crippen LogP contribution in [0, 0.1) is 17.7 Å². The Morgan fingerprint density at radius 2 is 1.72 bits per heavy atom. The van der Waals surface area contributed by atoms with Crippen molar-refractivity contribution in [2.45, 2.75) is 73.0 Å². The van der Waals surface area contributed by atoms with Gasteiger partial charge in [-0.25, -0.2) is 9.18 Å². The molecule has 3 atom stereocenters. The molecule has 1 aromatic rings. The lowest BCUT2D eigenvalue weighted by molar-refractivity contribution is -0.138. The van der Waals surface area contributed by atoms with Gasteiger partial charge >= 0.3 is 12.1 Å². The molecule has 9 nitrogen and oxygen atoms in total. The number of rotatable bonds is 3. The zero-order valence-corrected chi connectivity index (χ0v) is 22.0. The number of likely N-dealkylation sites (tertiary alicyclic amines) is 1. The fourth-order valence-corrected chi connectivity index (χ4v) is 3.39. The normalized spacial score (nSPS) is 19.8. The number of hydrogen-bond acceptors (Lipinski definition) is 4. The quantitative estimate of drug-likeness (QED) is 0.403. The van der Waals surface area contributed by atoms with Gasteiger partial charge in [-0.15, -0.1) is 6.58 Å². The van der Waals surface area contributed by atoms with Gasteiger partial charge in [0.25, 0.3) is 0 Å². The molecule has 0 radical (unpaired) electrons. The summed E-state index contributed by atoms with van der Waals surface area (Å²) in [6, 6.07) is 5.19. The highest BCUT2D eigenvalue weighted by molar-refractivity contribution is 5.73. The summed E-state index contributed by atoms with van der Waals surface area (Å²) in [7, 11) is 0. The van der Waals surface area contributed by atoms with Gasteiger partial charge in [0, 0.05) is 24.7 Å². The van der Waals surface area contributed by atoms with Gasteiger partial charge in [-0.3, -0.25) is 19.3 Å². The second-order valence-electron chi connectivity index (χ2n) is 7.57. The molecule has 4 N–H and O–H groups in total. The van der Waals surface area contributed by atoms with Crippen LogP contribution in [0.3, 0.4) is 0 Å². The number of allylic oxidation sites excluding steroid dienone is 1. The summed E-state index contributed by atoms with van der Waals surface area (Å²) in [4.78, 5) is 42.4. The Kier molecular flexibility index (Phi) is 19.1. The lowest BCUT2D eigenvalue weighted by Gasteiger charge is -2.13. The first-order valence-corrected chi connectivity index (χ1v) is 12.2. The van der Waals surface area contributed by atoms with Crippen molar-refractivity contribution in [1.29, 1.82) is 0 Å². The van der Waals surface area contributed by atoms with Crippen LogP contribution >= 0.6 is 0 Å². The first-order valence-electron chi connectivity index (χ1n) is 12.2. The van der Waals surface area contributed by atoms with E-state index in [2.05, 4.69) is 19.2 Å². The highest BCUT2D eigenvalue weighted by Crippen LogP contribution is 2.39. The molecular weight excluding hydrogens is 469 g/mol. The number of benzene rings is 1. The van der Waals surface area contributed by atoms with Crippen LogP contribution in [-0.2, 0) is 27.5 Å². The maximum Gasteiger partial charge on any atom is 0.407 e. The number of carbonyl (C=O) groups is 4.